The third-order valence-corrected chi connectivity index (χ3v) is 4.68. The number of esters is 2. The van der Waals surface area contributed by atoms with E-state index in [9.17, 15) is 19.2 Å². The summed E-state index contributed by atoms with van der Waals surface area (Å²) in [7, 11) is 0. The normalized spacial score (nSPS) is 12.1. The second kappa shape index (κ2) is 11.6. The number of benzene rings is 2. The van der Waals surface area contributed by atoms with Crippen LogP contribution in [0, 0.1) is 10.8 Å². The summed E-state index contributed by atoms with van der Waals surface area (Å²) in [5.41, 5.74) is 0.278. The quantitative estimate of drug-likeness (QED) is 0.206. The molecule has 0 fully saturated rings. The van der Waals surface area contributed by atoms with Gasteiger partial charge in [-0.15, -0.1) is 0 Å². The minimum Gasteiger partial charge on any atom is -0.426 e. The van der Waals surface area contributed by atoms with Gasteiger partial charge >= 0.3 is 11.9 Å². The zero-order chi connectivity index (χ0) is 26.2. The van der Waals surface area contributed by atoms with E-state index in [1.165, 1.54) is 12.2 Å². The molecule has 0 saturated carbocycles. The van der Waals surface area contributed by atoms with Crippen LogP contribution in [0.2, 0.25) is 0 Å². The third-order valence-electron chi connectivity index (χ3n) is 4.68. The highest BCUT2D eigenvalue weighted by atomic mass is 16.5. The van der Waals surface area contributed by atoms with Crippen molar-refractivity contribution in [1.82, 2.24) is 0 Å². The smallest absolute Gasteiger partial charge is 0.316 e. The maximum atomic E-state index is 12.1. The van der Waals surface area contributed by atoms with E-state index in [1.54, 1.807) is 102 Å². The first-order chi connectivity index (χ1) is 16.2. The minimum absolute atomic E-state index is 0.254. The van der Waals surface area contributed by atoms with Gasteiger partial charge in [-0.05, 0) is 89.1 Å². The van der Waals surface area contributed by atoms with E-state index in [4.69, 9.17) is 9.47 Å². The van der Waals surface area contributed by atoms with Crippen molar-refractivity contribution in [3.63, 3.8) is 0 Å². The van der Waals surface area contributed by atoms with Crippen LogP contribution >= 0.6 is 0 Å². The fourth-order valence-electron chi connectivity index (χ4n) is 2.48. The van der Waals surface area contributed by atoms with Gasteiger partial charge in [0.15, 0.2) is 11.6 Å². The van der Waals surface area contributed by atoms with Gasteiger partial charge < -0.3 is 9.47 Å². The largest absolute Gasteiger partial charge is 0.426 e. The molecule has 0 aliphatic rings. The van der Waals surface area contributed by atoms with E-state index in [1.807, 2.05) is 0 Å². The summed E-state index contributed by atoms with van der Waals surface area (Å²) < 4.78 is 10.6. The Bertz CT molecular complexity index is 1030. The van der Waals surface area contributed by atoms with Crippen molar-refractivity contribution in [2.45, 2.75) is 48.0 Å². The summed E-state index contributed by atoms with van der Waals surface area (Å²) >= 11 is 0. The number of carbonyl (C=O) groups is 4. The van der Waals surface area contributed by atoms with Gasteiger partial charge in [0.05, 0.1) is 17.3 Å². The Labute approximate surface area is 206 Å². The molecule has 0 bridgehead atoms. The van der Waals surface area contributed by atoms with Crippen molar-refractivity contribution in [2.75, 3.05) is 0 Å². The third kappa shape index (κ3) is 9.53. The zero-order valence-electron chi connectivity index (χ0n) is 21.1. The number of allylic oxidation sites excluding steroid dienone is 2. The molecule has 0 aliphatic heterocycles. The Kier molecular flexibility index (Phi) is 9.06. The lowest BCUT2D eigenvalue weighted by Gasteiger charge is -2.16. The van der Waals surface area contributed by atoms with Crippen molar-refractivity contribution in [2.24, 2.45) is 10.8 Å². The molecule has 0 aliphatic carbocycles. The number of hydrogen-bond acceptors (Lipinski definition) is 6. The molecule has 0 saturated heterocycles. The van der Waals surface area contributed by atoms with Crippen molar-refractivity contribution >= 4 is 35.7 Å². The molecule has 35 heavy (non-hydrogen) atoms. The lowest BCUT2D eigenvalue weighted by molar-refractivity contribution is -0.143. The predicted octanol–water partition coefficient (Wildman–Crippen LogP) is 5.84. The van der Waals surface area contributed by atoms with Crippen LogP contribution in [-0.4, -0.2) is 23.5 Å². The molecule has 2 aromatic carbocycles. The van der Waals surface area contributed by atoms with Crippen LogP contribution in [0.15, 0.2) is 60.7 Å². The molecule has 0 spiro atoms. The number of ether oxygens (including phenoxy) is 2. The van der Waals surface area contributed by atoms with E-state index in [-0.39, 0.29) is 29.9 Å². The summed E-state index contributed by atoms with van der Waals surface area (Å²) in [6, 6.07) is 13.5. The fraction of sp³-hybridized carbons (Fsp3) is 0.310. The Morgan fingerprint density at radius 3 is 1.20 bits per heavy atom. The van der Waals surface area contributed by atoms with E-state index in [2.05, 4.69) is 0 Å². The first-order valence-corrected chi connectivity index (χ1v) is 11.3. The van der Waals surface area contributed by atoms with Gasteiger partial charge in [-0.1, -0.05) is 36.4 Å². The maximum absolute atomic E-state index is 12.1. The van der Waals surface area contributed by atoms with Gasteiger partial charge in [-0.25, -0.2) is 0 Å². The average molecular weight is 477 g/mol. The van der Waals surface area contributed by atoms with Crippen LogP contribution in [0.4, 0.5) is 0 Å². The first kappa shape index (κ1) is 27.4. The SMILES string of the molecule is CC(C)(C)C(=O)Oc1ccc(C=CC(=O)CC(=O)C=Cc2ccc(OC(=O)C(C)(C)C)cc2)cc1. The maximum Gasteiger partial charge on any atom is 0.316 e. The van der Waals surface area contributed by atoms with Gasteiger partial charge in [0.25, 0.3) is 0 Å². The van der Waals surface area contributed by atoms with E-state index in [0.29, 0.717) is 11.5 Å². The molecule has 0 atom stereocenters. The molecule has 2 rings (SSSR count). The molecular formula is C29H32O6. The molecule has 0 N–H and O–H groups in total. The van der Waals surface area contributed by atoms with Gasteiger partial charge in [0.1, 0.15) is 11.5 Å². The van der Waals surface area contributed by atoms with Crippen LogP contribution in [0.5, 0.6) is 11.5 Å². The highest BCUT2D eigenvalue weighted by Gasteiger charge is 2.24. The van der Waals surface area contributed by atoms with Crippen LogP contribution in [0.1, 0.15) is 59.1 Å². The summed E-state index contributed by atoms with van der Waals surface area (Å²) in [6.07, 6.45) is 5.65. The second-order valence-corrected chi connectivity index (χ2v) is 10.2. The lowest BCUT2D eigenvalue weighted by Crippen LogP contribution is -2.25. The van der Waals surface area contributed by atoms with Crippen LogP contribution < -0.4 is 9.47 Å². The number of hydrogen-bond donors (Lipinski definition) is 0. The van der Waals surface area contributed by atoms with E-state index < -0.39 is 10.8 Å². The standard InChI is InChI=1S/C29H32O6/c1-28(2,3)26(32)34-24-15-9-20(10-16-24)7-13-22(30)19-23(31)14-8-21-11-17-25(18-12-21)35-27(33)29(4,5)6/h7-18H,19H2,1-6H3. The molecule has 6 heteroatoms. The summed E-state index contributed by atoms with van der Waals surface area (Å²) in [5.74, 6) is -0.465. The molecule has 6 nitrogen and oxygen atoms in total. The average Bonchev–Trinajstić information content (AvgIpc) is 2.77. The number of rotatable bonds is 8. The van der Waals surface area contributed by atoms with Gasteiger partial charge in [-0.3, -0.25) is 19.2 Å². The number of carbonyl (C=O) groups excluding carboxylic acids is 4. The second-order valence-electron chi connectivity index (χ2n) is 10.2. The van der Waals surface area contributed by atoms with Crippen LogP contribution in [0.25, 0.3) is 12.2 Å². The Morgan fingerprint density at radius 1 is 0.600 bits per heavy atom. The Morgan fingerprint density at radius 2 is 0.914 bits per heavy atom. The van der Waals surface area contributed by atoms with Gasteiger partial charge in [0, 0.05) is 0 Å². The molecule has 0 aromatic heterocycles. The topological polar surface area (TPSA) is 86.7 Å². The summed E-state index contributed by atoms with van der Waals surface area (Å²) in [4.78, 5) is 48.1. The van der Waals surface area contributed by atoms with Crippen LogP contribution in [0.3, 0.4) is 0 Å². The van der Waals surface area contributed by atoms with Crippen molar-refractivity contribution < 1.29 is 28.7 Å². The monoisotopic (exact) mass is 476 g/mol. The van der Waals surface area contributed by atoms with Crippen molar-refractivity contribution in [3.05, 3.63) is 71.8 Å². The van der Waals surface area contributed by atoms with E-state index in [0.717, 1.165) is 11.1 Å². The Hall–Kier alpha value is -3.80. The molecule has 2 aromatic rings. The van der Waals surface area contributed by atoms with Crippen LogP contribution in [-0.2, 0) is 19.2 Å². The first-order valence-electron chi connectivity index (χ1n) is 11.3. The minimum atomic E-state index is -0.601. The van der Waals surface area contributed by atoms with E-state index >= 15 is 0 Å². The molecule has 0 radical (unpaired) electrons. The highest BCUT2D eigenvalue weighted by molar-refractivity contribution is 6.10. The van der Waals surface area contributed by atoms with Crippen molar-refractivity contribution in [3.8, 4) is 11.5 Å². The molecule has 0 amide bonds. The lowest BCUT2D eigenvalue weighted by atomic mass is 9.97. The number of ketones is 2. The van der Waals surface area contributed by atoms with Gasteiger partial charge in [0.2, 0.25) is 0 Å². The molecular weight excluding hydrogens is 444 g/mol. The fourth-order valence-corrected chi connectivity index (χ4v) is 2.48. The Balaban J connectivity index is 1.86. The van der Waals surface area contributed by atoms with Crippen molar-refractivity contribution in [1.29, 1.82) is 0 Å². The van der Waals surface area contributed by atoms with Gasteiger partial charge in [-0.2, -0.15) is 0 Å². The molecule has 184 valence electrons. The molecule has 0 heterocycles. The zero-order valence-corrected chi connectivity index (χ0v) is 21.1. The highest BCUT2D eigenvalue weighted by Crippen LogP contribution is 2.21. The summed E-state index contributed by atoms with van der Waals surface area (Å²) in [6.45, 7) is 10.7. The predicted molar refractivity (Wildman–Crippen MR) is 136 cm³/mol. The molecule has 0 unspecified atom stereocenters. The summed E-state index contributed by atoms with van der Waals surface area (Å²) in [5, 5.41) is 0.